The first-order valence-corrected chi connectivity index (χ1v) is 7.27. The van der Waals surface area contributed by atoms with Crippen LogP contribution in [0.1, 0.15) is 46.0 Å². The van der Waals surface area contributed by atoms with E-state index in [1.807, 2.05) is 0 Å². The molecule has 1 aliphatic carbocycles. The fourth-order valence-electron chi connectivity index (χ4n) is 3.34. The topological polar surface area (TPSA) is 35.5 Å². The lowest BCUT2D eigenvalue weighted by Crippen LogP contribution is -2.49. The van der Waals surface area contributed by atoms with Gasteiger partial charge in [0.2, 0.25) is 0 Å². The van der Waals surface area contributed by atoms with Gasteiger partial charge in [-0.25, -0.2) is 0 Å². The van der Waals surface area contributed by atoms with Gasteiger partial charge in [-0.15, -0.1) is 0 Å². The van der Waals surface area contributed by atoms with Gasteiger partial charge in [0.15, 0.2) is 0 Å². The van der Waals surface area contributed by atoms with Gasteiger partial charge in [-0.05, 0) is 51.5 Å². The Bertz CT molecular complexity index is 246. The molecule has 1 saturated heterocycles. The highest BCUT2D eigenvalue weighted by atomic mass is 16.3. The number of aliphatic hydroxyl groups excluding tert-OH is 1. The van der Waals surface area contributed by atoms with Crippen LogP contribution in [-0.2, 0) is 0 Å². The highest BCUT2D eigenvalue weighted by Gasteiger charge is 2.38. The normalized spacial score (nSPS) is 31.9. The first-order chi connectivity index (χ1) is 8.17. The van der Waals surface area contributed by atoms with Crippen LogP contribution in [0.5, 0.6) is 0 Å². The van der Waals surface area contributed by atoms with Gasteiger partial charge in [0.25, 0.3) is 0 Å². The molecule has 0 aromatic rings. The molecule has 1 saturated carbocycles. The van der Waals surface area contributed by atoms with Crippen LogP contribution in [0.3, 0.4) is 0 Å². The van der Waals surface area contributed by atoms with Gasteiger partial charge in [-0.3, -0.25) is 0 Å². The quantitative estimate of drug-likeness (QED) is 0.710. The second kappa shape index (κ2) is 5.68. The van der Waals surface area contributed by atoms with Crippen molar-refractivity contribution in [1.29, 1.82) is 0 Å². The summed E-state index contributed by atoms with van der Waals surface area (Å²) in [5, 5.41) is 13.0. The average Bonchev–Trinajstić information content (AvgIpc) is 2.96. The molecule has 2 rings (SSSR count). The molecule has 3 unspecified atom stereocenters. The first kappa shape index (κ1) is 13.3. The Hall–Kier alpha value is -0.120. The predicted molar refractivity (Wildman–Crippen MR) is 71.1 cm³/mol. The molecule has 0 aromatic carbocycles. The number of nitrogens with zero attached hydrogens (tertiary/aromatic N) is 1. The largest absolute Gasteiger partial charge is 0.394 e. The number of piperidine rings is 1. The Labute approximate surface area is 106 Å². The zero-order valence-electron chi connectivity index (χ0n) is 11.4. The van der Waals surface area contributed by atoms with Crippen molar-refractivity contribution < 1.29 is 5.11 Å². The van der Waals surface area contributed by atoms with E-state index in [0.717, 1.165) is 37.9 Å². The summed E-state index contributed by atoms with van der Waals surface area (Å²) in [6.45, 7) is 8.02. The summed E-state index contributed by atoms with van der Waals surface area (Å²) in [6.07, 6.45) is 6.48. The van der Waals surface area contributed by atoms with Crippen molar-refractivity contribution in [2.24, 2.45) is 5.92 Å². The van der Waals surface area contributed by atoms with Gasteiger partial charge >= 0.3 is 0 Å². The molecule has 2 aliphatic rings. The molecule has 0 amide bonds. The molecular formula is C14H28N2O. The van der Waals surface area contributed by atoms with E-state index in [4.69, 9.17) is 0 Å². The van der Waals surface area contributed by atoms with Crippen LogP contribution in [0.15, 0.2) is 0 Å². The molecule has 1 aliphatic heterocycles. The van der Waals surface area contributed by atoms with Crippen LogP contribution in [0, 0.1) is 5.92 Å². The van der Waals surface area contributed by atoms with Crippen molar-refractivity contribution in [3.8, 4) is 0 Å². The third-order valence-electron chi connectivity index (χ3n) is 4.62. The zero-order chi connectivity index (χ0) is 12.3. The van der Waals surface area contributed by atoms with Crippen molar-refractivity contribution in [2.75, 3.05) is 26.2 Å². The lowest BCUT2D eigenvalue weighted by atomic mass is 9.97. The van der Waals surface area contributed by atoms with Gasteiger partial charge < -0.3 is 15.3 Å². The molecule has 17 heavy (non-hydrogen) atoms. The van der Waals surface area contributed by atoms with Gasteiger partial charge in [0.05, 0.1) is 6.61 Å². The number of hydrogen-bond donors (Lipinski definition) is 2. The molecule has 0 aromatic heterocycles. The minimum Gasteiger partial charge on any atom is -0.394 e. The van der Waals surface area contributed by atoms with Crippen LogP contribution >= 0.6 is 0 Å². The Morgan fingerprint density at radius 2 is 2.24 bits per heavy atom. The van der Waals surface area contributed by atoms with Gasteiger partial charge in [0.1, 0.15) is 0 Å². The lowest BCUT2D eigenvalue weighted by molar-refractivity contribution is 0.133. The summed E-state index contributed by atoms with van der Waals surface area (Å²) in [6, 6.07) is 0.856. The van der Waals surface area contributed by atoms with E-state index in [-0.39, 0.29) is 12.1 Å². The second-order valence-corrected chi connectivity index (χ2v) is 6.22. The van der Waals surface area contributed by atoms with Crippen LogP contribution in [0.4, 0.5) is 0 Å². The van der Waals surface area contributed by atoms with Crippen molar-refractivity contribution in [3.05, 3.63) is 0 Å². The third kappa shape index (κ3) is 3.21. The summed E-state index contributed by atoms with van der Waals surface area (Å²) in [5.41, 5.74) is -0.0855. The van der Waals surface area contributed by atoms with Crippen molar-refractivity contribution in [1.82, 2.24) is 10.2 Å². The van der Waals surface area contributed by atoms with E-state index in [1.54, 1.807) is 0 Å². The van der Waals surface area contributed by atoms with Crippen LogP contribution in [0.25, 0.3) is 0 Å². The Morgan fingerprint density at radius 3 is 2.76 bits per heavy atom. The maximum absolute atomic E-state index is 9.54. The number of aliphatic hydroxyl groups is 1. The smallest absolute Gasteiger partial charge is 0.0611 e. The highest BCUT2D eigenvalue weighted by molar-refractivity contribution is 4.93. The minimum atomic E-state index is -0.0855. The maximum atomic E-state index is 9.54. The SMILES string of the molecule is CCCNC(C)(CO)CCN1CC2CCC1C2. The zero-order valence-corrected chi connectivity index (χ0v) is 11.4. The molecule has 0 spiro atoms. The fraction of sp³-hybridized carbons (Fsp3) is 1.00. The number of likely N-dealkylation sites (tertiary alicyclic amines) is 1. The predicted octanol–water partition coefficient (Wildman–Crippen LogP) is 1.61. The van der Waals surface area contributed by atoms with Crippen LogP contribution < -0.4 is 5.32 Å². The maximum Gasteiger partial charge on any atom is 0.0611 e. The number of fused-ring (bicyclic) bond motifs is 2. The fourth-order valence-corrected chi connectivity index (χ4v) is 3.34. The van der Waals surface area contributed by atoms with E-state index in [0.29, 0.717) is 0 Å². The summed E-state index contributed by atoms with van der Waals surface area (Å²) >= 11 is 0. The van der Waals surface area contributed by atoms with Gasteiger partial charge in [0, 0.05) is 24.7 Å². The summed E-state index contributed by atoms with van der Waals surface area (Å²) in [5.74, 6) is 0.976. The Balaban J connectivity index is 1.75. The van der Waals surface area contributed by atoms with Crippen LogP contribution in [-0.4, -0.2) is 47.8 Å². The number of rotatable bonds is 7. The van der Waals surface area contributed by atoms with Crippen molar-refractivity contribution in [3.63, 3.8) is 0 Å². The molecule has 1 heterocycles. The summed E-state index contributed by atoms with van der Waals surface area (Å²) < 4.78 is 0. The Kier molecular flexibility index (Phi) is 4.45. The van der Waals surface area contributed by atoms with Gasteiger partial charge in [-0.1, -0.05) is 6.92 Å². The van der Waals surface area contributed by atoms with Gasteiger partial charge in [-0.2, -0.15) is 0 Å². The number of nitrogens with one attached hydrogen (secondary N) is 1. The van der Waals surface area contributed by atoms with E-state index >= 15 is 0 Å². The second-order valence-electron chi connectivity index (χ2n) is 6.22. The van der Waals surface area contributed by atoms with E-state index in [2.05, 4.69) is 24.1 Å². The van der Waals surface area contributed by atoms with E-state index < -0.39 is 0 Å². The molecule has 3 nitrogen and oxygen atoms in total. The molecule has 100 valence electrons. The number of hydrogen-bond acceptors (Lipinski definition) is 3. The average molecular weight is 240 g/mol. The molecule has 3 heteroatoms. The molecule has 2 N–H and O–H groups in total. The lowest BCUT2D eigenvalue weighted by Gasteiger charge is -2.33. The minimum absolute atomic E-state index is 0.0855. The molecule has 2 fully saturated rings. The molecule has 2 bridgehead atoms. The first-order valence-electron chi connectivity index (χ1n) is 7.27. The summed E-state index contributed by atoms with van der Waals surface area (Å²) in [4.78, 5) is 2.65. The van der Waals surface area contributed by atoms with E-state index in [9.17, 15) is 5.11 Å². The Morgan fingerprint density at radius 1 is 1.41 bits per heavy atom. The molecule has 0 radical (unpaired) electrons. The monoisotopic (exact) mass is 240 g/mol. The van der Waals surface area contributed by atoms with Crippen molar-refractivity contribution >= 4 is 0 Å². The molecular weight excluding hydrogens is 212 g/mol. The standard InChI is InChI=1S/C14H28N2O/c1-3-7-15-14(2,11-17)6-8-16-10-12-4-5-13(16)9-12/h12-13,15,17H,3-11H2,1-2H3. The third-order valence-corrected chi connectivity index (χ3v) is 4.62. The molecule has 3 atom stereocenters. The summed E-state index contributed by atoms with van der Waals surface area (Å²) in [7, 11) is 0. The van der Waals surface area contributed by atoms with Crippen LogP contribution in [0.2, 0.25) is 0 Å². The highest BCUT2D eigenvalue weighted by Crippen LogP contribution is 2.37. The van der Waals surface area contributed by atoms with E-state index in [1.165, 1.54) is 25.8 Å². The van der Waals surface area contributed by atoms with Crippen molar-refractivity contribution in [2.45, 2.75) is 57.5 Å².